The fourth-order valence-electron chi connectivity index (χ4n) is 7.85. The Kier molecular flexibility index (Phi) is 4.60. The lowest BCUT2D eigenvalue weighted by molar-refractivity contribution is -0.147. The number of ether oxygens (including phenoxy) is 2. The lowest BCUT2D eigenvalue weighted by atomic mass is 9.47. The van der Waals surface area contributed by atoms with Crippen LogP contribution in [0, 0.1) is 5.92 Å². The first kappa shape index (κ1) is 22.2. The SMILES string of the molecule is O=CN[C@@]12CCC(=O)[C@@H]3Oc4c(Oc5nnnn5-c5ccccc5)ccc5c4[C@@]31CCN(CC1CC1)[C@@H]2C5. The van der Waals surface area contributed by atoms with Crippen LogP contribution < -0.4 is 14.8 Å². The predicted molar refractivity (Wildman–Crippen MR) is 134 cm³/mol. The number of carbonyl (C=O) groups excluding carboxylic acids is 2. The first-order valence-electron chi connectivity index (χ1n) is 13.5. The van der Waals surface area contributed by atoms with Crippen LogP contribution in [0.25, 0.3) is 5.69 Å². The first-order valence-corrected chi connectivity index (χ1v) is 13.5. The van der Waals surface area contributed by atoms with Crippen LogP contribution in [0.4, 0.5) is 0 Å². The molecule has 1 aromatic heterocycles. The van der Waals surface area contributed by atoms with Gasteiger partial charge < -0.3 is 14.8 Å². The highest BCUT2D eigenvalue weighted by molar-refractivity contribution is 5.90. The summed E-state index contributed by atoms with van der Waals surface area (Å²) in [6.07, 6.45) is 5.27. The first-order chi connectivity index (χ1) is 18.6. The average Bonchev–Trinajstić information content (AvgIpc) is 3.50. The zero-order chi connectivity index (χ0) is 25.5. The number of rotatable bonds is 7. The quantitative estimate of drug-likeness (QED) is 0.481. The van der Waals surface area contributed by atoms with Crippen molar-refractivity contribution in [1.82, 2.24) is 30.4 Å². The molecule has 10 nitrogen and oxygen atoms in total. The Balaban J connectivity index is 1.26. The molecular formula is C28H28N6O4. The molecule has 1 N–H and O–H groups in total. The smallest absolute Gasteiger partial charge is 0.346 e. The predicted octanol–water partition coefficient (Wildman–Crippen LogP) is 2.34. The van der Waals surface area contributed by atoms with Crippen LogP contribution in [0.15, 0.2) is 42.5 Å². The molecule has 2 bridgehead atoms. The molecule has 1 saturated heterocycles. The molecule has 194 valence electrons. The van der Waals surface area contributed by atoms with Gasteiger partial charge in [-0.3, -0.25) is 14.5 Å². The largest absolute Gasteiger partial charge is 0.477 e. The van der Waals surface area contributed by atoms with Crippen LogP contribution >= 0.6 is 0 Å². The van der Waals surface area contributed by atoms with Crippen LogP contribution in [0.1, 0.15) is 43.2 Å². The van der Waals surface area contributed by atoms with Crippen molar-refractivity contribution in [3.05, 3.63) is 53.6 Å². The van der Waals surface area contributed by atoms with Crippen molar-refractivity contribution in [2.24, 2.45) is 5.92 Å². The van der Waals surface area contributed by atoms with Gasteiger partial charge in [-0.1, -0.05) is 29.4 Å². The zero-order valence-corrected chi connectivity index (χ0v) is 20.9. The van der Waals surface area contributed by atoms with Crippen molar-refractivity contribution in [3.8, 4) is 23.2 Å². The Morgan fingerprint density at radius 3 is 2.84 bits per heavy atom. The number of Topliss-reactive ketones (excluding diaryl/α,β-unsaturated/α-hetero) is 1. The summed E-state index contributed by atoms with van der Waals surface area (Å²) in [5.74, 6) is 1.89. The summed E-state index contributed by atoms with van der Waals surface area (Å²) < 4.78 is 14.4. The van der Waals surface area contributed by atoms with E-state index in [-0.39, 0.29) is 17.8 Å². The number of hydrogen-bond donors (Lipinski definition) is 1. The number of likely N-dealkylation sites (tertiary alicyclic amines) is 1. The van der Waals surface area contributed by atoms with E-state index in [4.69, 9.17) is 9.47 Å². The molecule has 1 spiro atoms. The fraction of sp³-hybridized carbons (Fsp3) is 0.464. The van der Waals surface area contributed by atoms with E-state index >= 15 is 0 Å². The van der Waals surface area contributed by atoms with Crippen molar-refractivity contribution in [2.75, 3.05) is 13.1 Å². The number of ketones is 1. The van der Waals surface area contributed by atoms with Crippen molar-refractivity contribution >= 4 is 12.2 Å². The number of nitrogens with one attached hydrogen (secondary N) is 1. The Hall–Kier alpha value is -3.79. The number of tetrazole rings is 1. The third-order valence-electron chi connectivity index (χ3n) is 9.56. The van der Waals surface area contributed by atoms with E-state index in [1.807, 2.05) is 36.4 Å². The van der Waals surface area contributed by atoms with Crippen molar-refractivity contribution in [3.63, 3.8) is 0 Å². The summed E-state index contributed by atoms with van der Waals surface area (Å²) in [5, 5.41) is 15.3. The van der Waals surface area contributed by atoms with Gasteiger partial charge in [-0.15, -0.1) is 0 Å². The molecule has 3 aliphatic carbocycles. The molecule has 3 fully saturated rings. The van der Waals surface area contributed by atoms with E-state index in [2.05, 4.69) is 31.8 Å². The Bertz CT molecular complexity index is 1450. The normalized spacial score (nSPS) is 30.9. The van der Waals surface area contributed by atoms with Gasteiger partial charge in [-0.05, 0) is 78.8 Å². The molecule has 10 heteroatoms. The van der Waals surface area contributed by atoms with E-state index in [0.717, 1.165) is 49.5 Å². The summed E-state index contributed by atoms with van der Waals surface area (Å²) in [6, 6.07) is 13.9. The molecule has 3 heterocycles. The van der Waals surface area contributed by atoms with Crippen LogP contribution in [-0.4, -0.2) is 68.1 Å². The summed E-state index contributed by atoms with van der Waals surface area (Å²) in [7, 11) is 0. The molecule has 4 atom stereocenters. The maximum absolute atomic E-state index is 13.5. The van der Waals surface area contributed by atoms with Gasteiger partial charge in [-0.2, -0.15) is 4.68 Å². The Morgan fingerprint density at radius 1 is 1.16 bits per heavy atom. The standard InChI is InChI=1S/C28H28N6O4/c35-16-29-28-11-10-20(36)25-27(28)12-13-33(15-17-6-7-17)22(28)14-18-8-9-21(24(38-25)23(18)27)37-26-30-31-32-34(26)19-4-2-1-3-5-19/h1-5,8-9,16-17,22,25H,6-7,10-15H2,(H,29,35)/t22-,25+,27+,28-/m1/s1. The molecule has 2 aliphatic heterocycles. The van der Waals surface area contributed by atoms with E-state index in [0.29, 0.717) is 24.3 Å². The molecule has 3 aromatic rings. The second-order valence-corrected chi connectivity index (χ2v) is 11.3. The van der Waals surface area contributed by atoms with Crippen LogP contribution in [0.2, 0.25) is 0 Å². The number of carbonyl (C=O) groups is 2. The van der Waals surface area contributed by atoms with Crippen molar-refractivity contribution in [2.45, 2.75) is 61.6 Å². The molecule has 38 heavy (non-hydrogen) atoms. The highest BCUT2D eigenvalue weighted by atomic mass is 16.5. The highest BCUT2D eigenvalue weighted by Crippen LogP contribution is 2.65. The minimum atomic E-state index is -0.654. The second-order valence-electron chi connectivity index (χ2n) is 11.3. The molecule has 5 aliphatic rings. The maximum atomic E-state index is 13.5. The van der Waals surface area contributed by atoms with Crippen molar-refractivity contribution < 1.29 is 19.1 Å². The summed E-state index contributed by atoms with van der Waals surface area (Å²) in [5.41, 5.74) is 1.76. The van der Waals surface area contributed by atoms with E-state index in [1.54, 1.807) is 0 Å². The Labute approximate surface area is 219 Å². The second kappa shape index (κ2) is 7.86. The minimum absolute atomic E-state index is 0.0897. The van der Waals surface area contributed by atoms with E-state index in [9.17, 15) is 9.59 Å². The van der Waals surface area contributed by atoms with Gasteiger partial charge in [0, 0.05) is 24.6 Å². The molecule has 8 rings (SSSR count). The number of piperidine rings is 1. The topological polar surface area (TPSA) is 111 Å². The number of para-hydroxylation sites is 1. The van der Waals surface area contributed by atoms with Gasteiger partial charge in [0.1, 0.15) is 0 Å². The van der Waals surface area contributed by atoms with Crippen LogP contribution in [0.3, 0.4) is 0 Å². The summed E-state index contributed by atoms with van der Waals surface area (Å²) in [6.45, 7) is 1.93. The minimum Gasteiger partial charge on any atom is -0.477 e. The number of amides is 1. The maximum Gasteiger partial charge on any atom is 0.346 e. The lowest BCUT2D eigenvalue weighted by Crippen LogP contribution is -2.81. The fourth-order valence-corrected chi connectivity index (χ4v) is 7.85. The number of aromatic nitrogens is 4. The van der Waals surface area contributed by atoms with Gasteiger partial charge in [0.25, 0.3) is 0 Å². The van der Waals surface area contributed by atoms with Gasteiger partial charge >= 0.3 is 6.01 Å². The van der Waals surface area contributed by atoms with E-state index < -0.39 is 17.1 Å². The monoisotopic (exact) mass is 512 g/mol. The summed E-state index contributed by atoms with van der Waals surface area (Å²) in [4.78, 5) is 28.2. The lowest BCUT2D eigenvalue weighted by Gasteiger charge is -2.64. The number of benzene rings is 2. The number of nitrogens with zero attached hydrogens (tertiary/aromatic N) is 5. The van der Waals surface area contributed by atoms with Crippen LogP contribution in [0.5, 0.6) is 17.5 Å². The van der Waals surface area contributed by atoms with E-state index in [1.165, 1.54) is 23.1 Å². The molecule has 0 radical (unpaired) electrons. The van der Waals surface area contributed by atoms with Crippen LogP contribution in [-0.2, 0) is 21.4 Å². The average molecular weight is 513 g/mol. The summed E-state index contributed by atoms with van der Waals surface area (Å²) >= 11 is 0. The van der Waals surface area contributed by atoms with Gasteiger partial charge in [0.05, 0.1) is 16.6 Å². The van der Waals surface area contributed by atoms with Gasteiger partial charge in [0.15, 0.2) is 23.4 Å². The third kappa shape index (κ3) is 2.83. The molecule has 1 amide bonds. The van der Waals surface area contributed by atoms with Gasteiger partial charge in [-0.25, -0.2) is 0 Å². The van der Waals surface area contributed by atoms with Gasteiger partial charge in [0.2, 0.25) is 6.41 Å². The molecule has 2 saturated carbocycles. The zero-order valence-electron chi connectivity index (χ0n) is 20.9. The Morgan fingerprint density at radius 2 is 2.03 bits per heavy atom. The van der Waals surface area contributed by atoms with Crippen molar-refractivity contribution in [1.29, 1.82) is 0 Å². The molecule has 2 aromatic carbocycles. The molecule has 0 unspecified atom stereocenters. The molecular weight excluding hydrogens is 484 g/mol. The highest BCUT2D eigenvalue weighted by Gasteiger charge is 2.73. The number of hydrogen-bond acceptors (Lipinski definition) is 8. The third-order valence-corrected chi connectivity index (χ3v) is 9.56.